The topological polar surface area (TPSA) is 78.9 Å². The smallest absolute Gasteiger partial charge is 0.306 e. The molecule has 0 aromatic heterocycles. The number of carbonyl (C=O) groups excluding carboxylic acids is 3. The average Bonchev–Trinajstić information content (AvgIpc) is 3.49. The van der Waals surface area contributed by atoms with Crippen LogP contribution in [0.15, 0.2) is 60.8 Å². The van der Waals surface area contributed by atoms with Crippen LogP contribution in [0.3, 0.4) is 0 Å². The van der Waals surface area contributed by atoms with E-state index in [0.717, 1.165) is 89.9 Å². The number of ether oxygens (including phenoxy) is 3. The predicted octanol–water partition coefficient (Wildman–Crippen LogP) is 25.5. The van der Waals surface area contributed by atoms with Gasteiger partial charge < -0.3 is 14.2 Å². The third kappa shape index (κ3) is 69.8. The molecule has 0 aromatic rings. The van der Waals surface area contributed by atoms with Crippen LogP contribution >= 0.6 is 0 Å². The highest BCUT2D eigenvalue weighted by atomic mass is 16.6. The van der Waals surface area contributed by atoms with E-state index in [9.17, 15) is 14.4 Å². The Balaban J connectivity index is 4.15. The molecule has 484 valence electrons. The molecule has 6 nitrogen and oxygen atoms in total. The molecule has 0 aliphatic heterocycles. The Labute approximate surface area is 517 Å². The highest BCUT2D eigenvalue weighted by Crippen LogP contribution is 2.19. The molecule has 83 heavy (non-hydrogen) atoms. The molecule has 0 radical (unpaired) electrons. The van der Waals surface area contributed by atoms with Crippen LogP contribution in [0.2, 0.25) is 0 Å². The van der Waals surface area contributed by atoms with Gasteiger partial charge in [-0.3, -0.25) is 14.4 Å². The van der Waals surface area contributed by atoms with Crippen molar-refractivity contribution < 1.29 is 28.6 Å². The van der Waals surface area contributed by atoms with Crippen LogP contribution in [0.25, 0.3) is 0 Å². The van der Waals surface area contributed by atoms with Gasteiger partial charge in [-0.05, 0) is 83.5 Å². The fourth-order valence-electron chi connectivity index (χ4n) is 11.0. The van der Waals surface area contributed by atoms with Gasteiger partial charge >= 0.3 is 17.9 Å². The summed E-state index contributed by atoms with van der Waals surface area (Å²) in [6.07, 6.45) is 92.7. The standard InChI is InChI=1S/C77H140O6/c1-4-7-10-13-16-19-22-25-28-30-31-32-33-34-35-36-37-38-39-40-41-42-43-44-45-47-49-52-55-58-61-64-67-70-76(79)82-73-74(72-81-75(78)69-66-63-60-57-54-51-48-27-24-21-18-15-12-9-6-3)83-77(80)71-68-65-62-59-56-53-50-46-29-26-23-20-17-14-11-8-5-2/h8,11,17,20,22,25-26,29-31,74H,4-7,9-10,12-16,18-19,21,23-24,27-28,32-73H2,1-3H3/b11-8-,20-17-,25-22-,29-26-,31-30-. The lowest BCUT2D eigenvalue weighted by atomic mass is 10.0. The number of esters is 3. The minimum atomic E-state index is -0.778. The van der Waals surface area contributed by atoms with Gasteiger partial charge in [-0.25, -0.2) is 0 Å². The summed E-state index contributed by atoms with van der Waals surface area (Å²) in [5.41, 5.74) is 0. The summed E-state index contributed by atoms with van der Waals surface area (Å²) >= 11 is 0. The Morgan fingerprint density at radius 1 is 0.253 bits per heavy atom. The van der Waals surface area contributed by atoms with Gasteiger partial charge in [0.25, 0.3) is 0 Å². The van der Waals surface area contributed by atoms with Crippen molar-refractivity contribution in [3.05, 3.63) is 60.8 Å². The molecule has 1 unspecified atom stereocenters. The summed E-state index contributed by atoms with van der Waals surface area (Å²) in [5.74, 6) is -0.856. The molecule has 0 N–H and O–H groups in total. The quantitative estimate of drug-likeness (QED) is 0.0261. The molecule has 0 rings (SSSR count). The molecule has 0 heterocycles. The van der Waals surface area contributed by atoms with Crippen molar-refractivity contribution in [1.82, 2.24) is 0 Å². The molecule has 0 saturated carbocycles. The van der Waals surface area contributed by atoms with E-state index >= 15 is 0 Å². The van der Waals surface area contributed by atoms with Crippen LogP contribution in [0, 0.1) is 0 Å². The van der Waals surface area contributed by atoms with Crippen molar-refractivity contribution in [2.24, 2.45) is 0 Å². The van der Waals surface area contributed by atoms with E-state index in [2.05, 4.69) is 81.5 Å². The minimum Gasteiger partial charge on any atom is -0.462 e. The molecular weight excluding hydrogens is 1020 g/mol. The van der Waals surface area contributed by atoms with E-state index in [0.29, 0.717) is 19.3 Å². The van der Waals surface area contributed by atoms with Crippen LogP contribution in [0.4, 0.5) is 0 Å². The largest absolute Gasteiger partial charge is 0.462 e. The Morgan fingerprint density at radius 2 is 0.470 bits per heavy atom. The Hall–Kier alpha value is -2.89. The van der Waals surface area contributed by atoms with E-state index in [1.165, 1.54) is 263 Å². The van der Waals surface area contributed by atoms with Gasteiger partial charge in [-0.2, -0.15) is 0 Å². The zero-order valence-corrected chi connectivity index (χ0v) is 55.7. The highest BCUT2D eigenvalue weighted by molar-refractivity contribution is 5.71. The molecule has 1 atom stereocenters. The van der Waals surface area contributed by atoms with Crippen molar-refractivity contribution >= 4 is 17.9 Å². The van der Waals surface area contributed by atoms with Gasteiger partial charge in [-0.15, -0.1) is 0 Å². The van der Waals surface area contributed by atoms with Crippen molar-refractivity contribution in [3.63, 3.8) is 0 Å². The number of rotatable bonds is 68. The first-order valence-corrected chi connectivity index (χ1v) is 36.8. The molecule has 0 saturated heterocycles. The third-order valence-corrected chi connectivity index (χ3v) is 16.5. The Kier molecular flexibility index (Phi) is 69.1. The zero-order valence-electron chi connectivity index (χ0n) is 55.7. The highest BCUT2D eigenvalue weighted by Gasteiger charge is 2.19. The summed E-state index contributed by atoms with van der Waals surface area (Å²) in [7, 11) is 0. The Morgan fingerprint density at radius 3 is 0.735 bits per heavy atom. The van der Waals surface area contributed by atoms with Crippen molar-refractivity contribution in [2.45, 2.75) is 399 Å². The molecule has 0 amide bonds. The van der Waals surface area contributed by atoms with Gasteiger partial charge in [0.05, 0.1) is 0 Å². The first kappa shape index (κ1) is 80.1. The van der Waals surface area contributed by atoms with Crippen molar-refractivity contribution in [1.29, 1.82) is 0 Å². The second-order valence-corrected chi connectivity index (χ2v) is 24.8. The summed E-state index contributed by atoms with van der Waals surface area (Å²) in [6.45, 7) is 6.58. The molecule has 0 aliphatic carbocycles. The SMILES string of the molecule is CC/C=C\C/C=C\C/C=C\CCCCCCCCCC(=O)OC(COC(=O)CCCCCCCCCCCCCCCCC)COC(=O)CCCCCCCCCCCCCCCCCCCCCCC/C=C\C/C=C\CCCCCCC. The summed E-state index contributed by atoms with van der Waals surface area (Å²) in [6, 6.07) is 0. The predicted molar refractivity (Wildman–Crippen MR) is 362 cm³/mol. The maximum Gasteiger partial charge on any atom is 0.306 e. The van der Waals surface area contributed by atoms with Gasteiger partial charge in [0.15, 0.2) is 6.10 Å². The van der Waals surface area contributed by atoms with Gasteiger partial charge in [0.1, 0.15) is 13.2 Å². The number of hydrogen-bond donors (Lipinski definition) is 0. The van der Waals surface area contributed by atoms with E-state index in [1.807, 2.05) is 0 Å². The molecular formula is C77H140O6. The number of carbonyl (C=O) groups is 3. The molecule has 0 fully saturated rings. The fourth-order valence-corrected chi connectivity index (χ4v) is 11.0. The first-order chi connectivity index (χ1) is 41.0. The third-order valence-electron chi connectivity index (χ3n) is 16.5. The van der Waals surface area contributed by atoms with Crippen LogP contribution < -0.4 is 0 Å². The van der Waals surface area contributed by atoms with E-state index in [1.54, 1.807) is 0 Å². The van der Waals surface area contributed by atoms with Crippen molar-refractivity contribution in [2.75, 3.05) is 13.2 Å². The van der Waals surface area contributed by atoms with Crippen LogP contribution in [-0.4, -0.2) is 37.2 Å². The van der Waals surface area contributed by atoms with E-state index < -0.39 is 6.10 Å². The van der Waals surface area contributed by atoms with Crippen LogP contribution in [-0.2, 0) is 28.6 Å². The van der Waals surface area contributed by atoms with E-state index in [-0.39, 0.29) is 31.1 Å². The number of hydrogen-bond acceptors (Lipinski definition) is 6. The Bertz CT molecular complexity index is 1470. The monoisotopic (exact) mass is 1160 g/mol. The van der Waals surface area contributed by atoms with E-state index in [4.69, 9.17) is 14.2 Å². The summed E-state index contributed by atoms with van der Waals surface area (Å²) in [5, 5.41) is 0. The molecule has 6 heteroatoms. The van der Waals surface area contributed by atoms with Crippen LogP contribution in [0.1, 0.15) is 393 Å². The fraction of sp³-hybridized carbons (Fsp3) is 0.831. The molecule has 0 bridgehead atoms. The maximum absolute atomic E-state index is 12.9. The zero-order chi connectivity index (χ0) is 59.9. The number of allylic oxidation sites excluding steroid dienone is 10. The minimum absolute atomic E-state index is 0.0727. The normalized spacial score (nSPS) is 12.4. The second kappa shape index (κ2) is 71.6. The first-order valence-electron chi connectivity index (χ1n) is 36.8. The maximum atomic E-state index is 12.9. The molecule has 0 aromatic carbocycles. The van der Waals surface area contributed by atoms with Gasteiger partial charge in [0.2, 0.25) is 0 Å². The lowest BCUT2D eigenvalue weighted by Crippen LogP contribution is -2.30. The lowest BCUT2D eigenvalue weighted by Gasteiger charge is -2.18. The summed E-state index contributed by atoms with van der Waals surface area (Å²) in [4.78, 5) is 38.4. The molecule has 0 spiro atoms. The average molecular weight is 1160 g/mol. The van der Waals surface area contributed by atoms with Crippen LogP contribution in [0.5, 0.6) is 0 Å². The van der Waals surface area contributed by atoms with Gasteiger partial charge in [-0.1, -0.05) is 351 Å². The lowest BCUT2D eigenvalue weighted by molar-refractivity contribution is -0.167. The van der Waals surface area contributed by atoms with Crippen molar-refractivity contribution in [3.8, 4) is 0 Å². The molecule has 0 aliphatic rings. The second-order valence-electron chi connectivity index (χ2n) is 24.8. The van der Waals surface area contributed by atoms with Gasteiger partial charge in [0, 0.05) is 19.3 Å². The summed E-state index contributed by atoms with van der Waals surface area (Å²) < 4.78 is 17.0. The number of unbranched alkanes of at least 4 members (excludes halogenated alkanes) is 47.